The van der Waals surface area contributed by atoms with Crippen LogP contribution in [-0.2, 0) is 6.54 Å². The van der Waals surface area contributed by atoms with Crippen LogP contribution in [0.2, 0.25) is 0 Å². The number of aromatic nitrogens is 2. The molecule has 0 radical (unpaired) electrons. The van der Waals surface area contributed by atoms with Crippen molar-refractivity contribution in [2.45, 2.75) is 40.0 Å². The Labute approximate surface area is 200 Å². The maximum Gasteiger partial charge on any atom is 0.291 e. The lowest BCUT2D eigenvalue weighted by Crippen LogP contribution is -2.28. The van der Waals surface area contributed by atoms with Gasteiger partial charge in [0.2, 0.25) is 0 Å². The highest BCUT2D eigenvalue weighted by Gasteiger charge is 2.24. The van der Waals surface area contributed by atoms with Crippen molar-refractivity contribution in [2.24, 2.45) is 0 Å². The molecule has 33 heavy (non-hydrogen) atoms. The first-order valence-corrected chi connectivity index (χ1v) is 12.3. The fourth-order valence-electron chi connectivity index (χ4n) is 3.82. The van der Waals surface area contributed by atoms with E-state index in [4.69, 9.17) is 0 Å². The molecule has 4 aromatic rings. The van der Waals surface area contributed by atoms with Gasteiger partial charge in [0.1, 0.15) is 11.4 Å². The minimum Gasteiger partial charge on any atom is -0.349 e. The predicted octanol–water partition coefficient (Wildman–Crippen LogP) is 6.49. The molecule has 0 fully saturated rings. The number of carbonyl (C=O) groups excluding carboxylic acids is 1. The van der Waals surface area contributed by atoms with Crippen LogP contribution in [0.25, 0.3) is 11.3 Å². The first-order valence-electron chi connectivity index (χ1n) is 10.6. The molecule has 0 saturated carbocycles. The highest BCUT2D eigenvalue weighted by atomic mass is 32.2. The molecule has 3 aromatic carbocycles. The number of ketones is 1. The summed E-state index contributed by atoms with van der Waals surface area (Å²) in [4.78, 5) is 30.7. The number of hydrogen-bond acceptors (Lipinski definition) is 6. The average Bonchev–Trinajstić information content (AvgIpc) is 2.84. The van der Waals surface area contributed by atoms with E-state index in [9.17, 15) is 9.59 Å². The summed E-state index contributed by atoms with van der Waals surface area (Å²) in [5, 5.41) is 7.87. The van der Waals surface area contributed by atoms with E-state index >= 15 is 0 Å². The Kier molecular flexibility index (Phi) is 5.83. The molecule has 0 unspecified atom stereocenters. The van der Waals surface area contributed by atoms with E-state index in [1.165, 1.54) is 21.4 Å². The van der Waals surface area contributed by atoms with Crippen LogP contribution in [0.3, 0.4) is 0 Å². The molecular formula is C26H21N3O2S2. The van der Waals surface area contributed by atoms with E-state index in [0.717, 1.165) is 21.0 Å². The molecule has 0 spiro atoms. The molecule has 1 N–H and O–H groups in total. The smallest absolute Gasteiger partial charge is 0.291 e. The summed E-state index contributed by atoms with van der Waals surface area (Å²) in [7, 11) is 0. The highest BCUT2D eigenvalue weighted by molar-refractivity contribution is 8.05. The van der Waals surface area contributed by atoms with E-state index < -0.39 is 0 Å². The summed E-state index contributed by atoms with van der Waals surface area (Å²) in [6.07, 6.45) is 0. The van der Waals surface area contributed by atoms with Gasteiger partial charge in [-0.3, -0.25) is 9.59 Å². The van der Waals surface area contributed by atoms with Gasteiger partial charge >= 0.3 is 0 Å². The molecule has 0 saturated heterocycles. The van der Waals surface area contributed by atoms with Crippen molar-refractivity contribution in [2.75, 3.05) is 5.32 Å². The summed E-state index contributed by atoms with van der Waals surface area (Å²) in [5.74, 6) is -0.207. The quantitative estimate of drug-likeness (QED) is 0.296. The van der Waals surface area contributed by atoms with Crippen molar-refractivity contribution in [3.8, 4) is 11.3 Å². The first kappa shape index (κ1) is 21.6. The molecular weight excluding hydrogens is 450 g/mol. The van der Waals surface area contributed by atoms with Gasteiger partial charge in [-0.1, -0.05) is 72.1 Å². The minimum absolute atomic E-state index is 0.207. The number of nitrogens with one attached hydrogen (secondary N) is 1. The van der Waals surface area contributed by atoms with Gasteiger partial charge in [0.15, 0.2) is 5.78 Å². The van der Waals surface area contributed by atoms with Crippen LogP contribution in [0.15, 0.2) is 97.2 Å². The van der Waals surface area contributed by atoms with E-state index in [1.807, 2.05) is 61.5 Å². The zero-order valence-corrected chi connectivity index (χ0v) is 19.8. The maximum atomic E-state index is 13.4. The fourth-order valence-corrected chi connectivity index (χ4v) is 6.16. The van der Waals surface area contributed by atoms with Crippen LogP contribution in [0.5, 0.6) is 0 Å². The third-order valence-corrected chi connectivity index (χ3v) is 7.99. The maximum absolute atomic E-state index is 13.4. The Morgan fingerprint density at radius 1 is 0.909 bits per heavy atom. The number of anilines is 2. The van der Waals surface area contributed by atoms with Crippen LogP contribution in [-0.4, -0.2) is 15.6 Å². The van der Waals surface area contributed by atoms with E-state index in [0.29, 0.717) is 17.8 Å². The second kappa shape index (κ2) is 8.92. The summed E-state index contributed by atoms with van der Waals surface area (Å²) < 4.78 is 1.41. The van der Waals surface area contributed by atoms with E-state index in [-0.39, 0.29) is 17.0 Å². The number of aryl methyl sites for hydroxylation is 1. The van der Waals surface area contributed by atoms with Crippen molar-refractivity contribution < 1.29 is 4.79 Å². The fraction of sp³-hybridized carbons (Fsp3) is 0.115. The molecule has 0 amide bonds. The van der Waals surface area contributed by atoms with Gasteiger partial charge in [-0.05, 0) is 38.1 Å². The van der Waals surface area contributed by atoms with Gasteiger partial charge in [0, 0.05) is 31.7 Å². The Hall–Kier alpha value is -3.29. The van der Waals surface area contributed by atoms with Crippen LogP contribution < -0.4 is 10.9 Å². The van der Waals surface area contributed by atoms with Crippen molar-refractivity contribution in [3.63, 3.8) is 0 Å². The van der Waals surface area contributed by atoms with Gasteiger partial charge in [-0.15, -0.1) is 0 Å². The van der Waals surface area contributed by atoms with Crippen LogP contribution in [0, 0.1) is 0 Å². The average molecular weight is 472 g/mol. The molecule has 1 aromatic heterocycles. The minimum atomic E-state index is -0.311. The topological polar surface area (TPSA) is 64.0 Å². The Morgan fingerprint density at radius 2 is 1.58 bits per heavy atom. The van der Waals surface area contributed by atoms with Crippen molar-refractivity contribution in [1.29, 1.82) is 0 Å². The lowest BCUT2D eigenvalue weighted by atomic mass is 10.0. The largest absolute Gasteiger partial charge is 0.349 e. The molecule has 0 bridgehead atoms. The van der Waals surface area contributed by atoms with Gasteiger partial charge in [0.05, 0.1) is 11.3 Å². The first-order chi connectivity index (χ1) is 16.1. The molecule has 0 atom stereocenters. The zero-order valence-electron chi connectivity index (χ0n) is 18.2. The van der Waals surface area contributed by atoms with Crippen molar-refractivity contribution in [3.05, 3.63) is 88.7 Å². The second-order valence-electron chi connectivity index (χ2n) is 7.55. The number of benzene rings is 3. The number of nitrogens with zero attached hydrogens (tertiary/aromatic N) is 2. The number of hydrogen-bond donors (Lipinski definition) is 1. The van der Waals surface area contributed by atoms with Gasteiger partial charge < -0.3 is 5.32 Å². The summed E-state index contributed by atoms with van der Waals surface area (Å²) in [5.41, 5.74) is 2.35. The molecule has 1 aliphatic heterocycles. The van der Waals surface area contributed by atoms with E-state index in [1.54, 1.807) is 23.5 Å². The third-order valence-electron chi connectivity index (χ3n) is 5.37. The third kappa shape index (κ3) is 3.98. The number of fused-ring (bicyclic) bond motifs is 2. The Bertz CT molecular complexity index is 1430. The Balaban J connectivity index is 1.68. The van der Waals surface area contributed by atoms with Crippen molar-refractivity contribution in [1.82, 2.24) is 9.78 Å². The Morgan fingerprint density at radius 3 is 2.27 bits per heavy atom. The van der Waals surface area contributed by atoms with Crippen LogP contribution >= 0.6 is 23.5 Å². The summed E-state index contributed by atoms with van der Waals surface area (Å²) in [6.45, 7) is 3.75. The lowest BCUT2D eigenvalue weighted by Gasteiger charge is -2.22. The van der Waals surface area contributed by atoms with Crippen molar-refractivity contribution >= 4 is 40.7 Å². The molecule has 7 heteroatoms. The van der Waals surface area contributed by atoms with Gasteiger partial charge in [-0.2, -0.15) is 5.10 Å². The molecule has 0 aliphatic carbocycles. The SMILES string of the molecule is CCn1nc(-c2ccccc2)c(C(C)=O)c(Nc2cccc3c2Sc2ccccc2S3)c1=O. The number of Topliss-reactive ketones (excluding diaryl/α,β-unsaturated/α-hetero) is 1. The standard InChI is InChI=1S/C26H21N3O2S2/c1-3-29-26(31)24(22(16(2)30)23(28-29)17-10-5-4-6-11-17)27-18-12-9-15-21-25(18)33-20-14-8-7-13-19(20)32-21/h4-15,27H,3H2,1-2H3. The number of carbonyl (C=O) groups is 1. The van der Waals surface area contributed by atoms with Crippen LogP contribution in [0.1, 0.15) is 24.2 Å². The summed E-state index contributed by atoms with van der Waals surface area (Å²) in [6, 6.07) is 23.8. The molecule has 5 nitrogen and oxygen atoms in total. The molecule has 2 heterocycles. The molecule has 5 rings (SSSR count). The number of rotatable bonds is 5. The lowest BCUT2D eigenvalue weighted by molar-refractivity contribution is 0.101. The highest BCUT2D eigenvalue weighted by Crippen LogP contribution is 2.51. The predicted molar refractivity (Wildman–Crippen MR) is 134 cm³/mol. The van der Waals surface area contributed by atoms with Crippen LogP contribution in [0.4, 0.5) is 11.4 Å². The normalized spacial score (nSPS) is 12.1. The molecule has 1 aliphatic rings. The molecule has 164 valence electrons. The van der Waals surface area contributed by atoms with Gasteiger partial charge in [0.25, 0.3) is 5.56 Å². The monoisotopic (exact) mass is 471 g/mol. The summed E-state index contributed by atoms with van der Waals surface area (Å²) >= 11 is 3.37. The second-order valence-corrected chi connectivity index (χ2v) is 9.69. The van der Waals surface area contributed by atoms with E-state index in [2.05, 4.69) is 28.6 Å². The van der Waals surface area contributed by atoms with Gasteiger partial charge in [-0.25, -0.2) is 4.68 Å². The zero-order chi connectivity index (χ0) is 22.9.